The summed E-state index contributed by atoms with van der Waals surface area (Å²) in [6.45, 7) is 1.85. The second-order valence-corrected chi connectivity index (χ2v) is 11.7. The van der Waals surface area contributed by atoms with Gasteiger partial charge in [0, 0.05) is 39.6 Å². The van der Waals surface area contributed by atoms with Crippen molar-refractivity contribution in [2.45, 2.75) is 19.3 Å². The van der Waals surface area contributed by atoms with E-state index in [2.05, 4.69) is 41.8 Å². The van der Waals surface area contributed by atoms with E-state index in [1.807, 2.05) is 84.9 Å². The van der Waals surface area contributed by atoms with Gasteiger partial charge in [0.05, 0.1) is 4.91 Å². The zero-order valence-electron chi connectivity index (χ0n) is 20.0. The highest BCUT2D eigenvalue weighted by Crippen LogP contribution is 2.38. The molecule has 7 heteroatoms. The number of allylic oxidation sites excluding steroid dienone is 3. The Hall–Kier alpha value is -2.74. The first-order valence-corrected chi connectivity index (χ1v) is 14.5. The predicted molar refractivity (Wildman–Crippen MR) is 159 cm³/mol. The van der Waals surface area contributed by atoms with Crippen molar-refractivity contribution in [1.29, 1.82) is 0 Å². The number of carbonyl (C=O) groups is 2. The van der Waals surface area contributed by atoms with Crippen LogP contribution in [0.4, 0.5) is 0 Å². The largest absolute Gasteiger partial charge is 0.351 e. The monoisotopic (exact) mass is 634 g/mol. The van der Waals surface area contributed by atoms with E-state index in [1.54, 1.807) is 0 Å². The Morgan fingerprint density at radius 3 is 2.05 bits per heavy atom. The topological polar surface area (TPSA) is 49.7 Å². The first kappa shape index (κ1) is 25.9. The van der Waals surface area contributed by atoms with Crippen molar-refractivity contribution < 1.29 is 9.59 Å². The zero-order chi connectivity index (χ0) is 25.8. The van der Waals surface area contributed by atoms with Gasteiger partial charge in [-0.05, 0) is 71.6 Å². The average molecular weight is 636 g/mol. The Morgan fingerprint density at radius 2 is 1.43 bits per heavy atom. The Balaban J connectivity index is 1.59. The van der Waals surface area contributed by atoms with Crippen molar-refractivity contribution in [3.05, 3.63) is 115 Å². The fourth-order valence-corrected chi connectivity index (χ4v) is 5.96. The smallest absolute Gasteiger partial charge is 0.286 e. The summed E-state index contributed by atoms with van der Waals surface area (Å²) in [4.78, 5) is 33.7. The molecule has 1 saturated heterocycles. The zero-order valence-corrected chi connectivity index (χ0v) is 24.0. The van der Waals surface area contributed by atoms with Crippen molar-refractivity contribution in [2.24, 2.45) is 4.99 Å². The number of aliphatic imine (C=N–C) groups is 1. The van der Waals surface area contributed by atoms with E-state index < -0.39 is 0 Å². The summed E-state index contributed by atoms with van der Waals surface area (Å²) in [5, 5.41) is 0.771. The minimum absolute atomic E-state index is 0.0159. The maximum Gasteiger partial charge on any atom is 0.286 e. The van der Waals surface area contributed by atoms with Crippen LogP contribution in [-0.4, -0.2) is 34.8 Å². The van der Waals surface area contributed by atoms with Crippen LogP contribution in [0.5, 0.6) is 0 Å². The van der Waals surface area contributed by atoms with Gasteiger partial charge < -0.3 is 4.90 Å². The van der Waals surface area contributed by atoms with Gasteiger partial charge in [-0.1, -0.05) is 86.5 Å². The highest BCUT2D eigenvalue weighted by Gasteiger charge is 2.30. The number of amidine groups is 1. The number of halogens is 2. The van der Waals surface area contributed by atoms with Gasteiger partial charge in [0.2, 0.25) is 0 Å². The normalized spacial score (nSPS) is 17.2. The van der Waals surface area contributed by atoms with Gasteiger partial charge >= 0.3 is 0 Å². The highest BCUT2D eigenvalue weighted by atomic mass is 79.9. The molecule has 0 N–H and O–H groups in total. The van der Waals surface area contributed by atoms with E-state index in [1.165, 1.54) is 11.8 Å². The molecule has 2 aliphatic heterocycles. The number of rotatable bonds is 6. The van der Waals surface area contributed by atoms with Crippen LogP contribution in [0.25, 0.3) is 11.1 Å². The summed E-state index contributed by atoms with van der Waals surface area (Å²) in [7, 11) is 0. The van der Waals surface area contributed by atoms with Crippen molar-refractivity contribution in [3.63, 3.8) is 0 Å². The molecule has 0 aromatic heterocycles. The van der Waals surface area contributed by atoms with Gasteiger partial charge in [-0.2, -0.15) is 4.99 Å². The van der Waals surface area contributed by atoms with Crippen molar-refractivity contribution in [2.75, 3.05) is 13.1 Å². The SMILES string of the molecule is O=C1N=C(N2CCCC2)SC1=C(C=C(CC(=O)c1ccc(Br)cc1)c1ccccc1)c1ccc(Br)cc1. The molecule has 3 aromatic carbocycles. The summed E-state index contributed by atoms with van der Waals surface area (Å²) >= 11 is 8.39. The third-order valence-electron chi connectivity index (χ3n) is 6.34. The number of amides is 1. The molecule has 0 spiro atoms. The van der Waals surface area contributed by atoms with Crippen LogP contribution in [0.2, 0.25) is 0 Å². The maximum atomic E-state index is 13.3. The average Bonchev–Trinajstić information content (AvgIpc) is 3.58. The molecule has 186 valence electrons. The van der Waals surface area contributed by atoms with E-state index in [0.29, 0.717) is 10.5 Å². The molecule has 1 fully saturated rings. The minimum atomic E-state index is -0.229. The molecule has 4 nitrogen and oxygen atoms in total. The molecule has 3 aromatic rings. The van der Waals surface area contributed by atoms with Crippen LogP contribution in [0.1, 0.15) is 40.7 Å². The molecule has 0 radical (unpaired) electrons. The Bertz CT molecular complexity index is 1410. The number of hydrogen-bond donors (Lipinski definition) is 0. The van der Waals surface area contributed by atoms with Gasteiger partial charge in [0.1, 0.15) is 0 Å². The Kier molecular flexibility index (Phi) is 8.23. The molecule has 0 unspecified atom stereocenters. The Morgan fingerprint density at radius 1 is 0.838 bits per heavy atom. The molecule has 2 heterocycles. The van der Waals surface area contributed by atoms with E-state index in [4.69, 9.17) is 0 Å². The fourth-order valence-electron chi connectivity index (χ4n) is 4.39. The van der Waals surface area contributed by atoms with Gasteiger partial charge in [0.15, 0.2) is 11.0 Å². The van der Waals surface area contributed by atoms with E-state index in [0.717, 1.165) is 62.3 Å². The number of Topliss-reactive ketones (excluding diaryl/α,β-unsaturated/α-hetero) is 1. The van der Waals surface area contributed by atoms with Crippen LogP contribution >= 0.6 is 43.6 Å². The van der Waals surface area contributed by atoms with Gasteiger partial charge in [-0.15, -0.1) is 0 Å². The number of nitrogens with zero attached hydrogens (tertiary/aromatic N) is 2. The van der Waals surface area contributed by atoms with Gasteiger partial charge in [-0.25, -0.2) is 0 Å². The molecule has 0 atom stereocenters. The fraction of sp³-hybridized carbons (Fsp3) is 0.167. The Labute approximate surface area is 237 Å². The van der Waals surface area contributed by atoms with Gasteiger partial charge in [0.25, 0.3) is 5.91 Å². The molecule has 2 aliphatic rings. The molecule has 1 amide bonds. The number of thioether (sulfide) groups is 1. The van der Waals surface area contributed by atoms with Crippen molar-refractivity contribution in [1.82, 2.24) is 4.90 Å². The minimum Gasteiger partial charge on any atom is -0.351 e. The molecule has 0 aliphatic carbocycles. The molecule has 0 bridgehead atoms. The molecule has 5 rings (SSSR count). The van der Waals surface area contributed by atoms with Crippen LogP contribution in [0, 0.1) is 0 Å². The lowest BCUT2D eigenvalue weighted by atomic mass is 9.93. The highest BCUT2D eigenvalue weighted by molar-refractivity contribution is 9.10. The second kappa shape index (κ2) is 11.8. The summed E-state index contributed by atoms with van der Waals surface area (Å²) in [6, 6.07) is 25.2. The summed E-state index contributed by atoms with van der Waals surface area (Å²) in [6.07, 6.45) is 4.43. The number of ketones is 1. The number of carbonyl (C=O) groups excluding carboxylic acids is 2. The lowest BCUT2D eigenvalue weighted by molar-refractivity contribution is -0.113. The lowest BCUT2D eigenvalue weighted by Crippen LogP contribution is -2.23. The summed E-state index contributed by atoms with van der Waals surface area (Å²) in [5.41, 5.74) is 4.12. The summed E-state index contributed by atoms with van der Waals surface area (Å²) in [5.74, 6) is -0.213. The lowest BCUT2D eigenvalue weighted by Gasteiger charge is -2.16. The first-order chi connectivity index (χ1) is 18.0. The second-order valence-electron chi connectivity index (χ2n) is 8.89. The van der Waals surface area contributed by atoms with Crippen molar-refractivity contribution >= 4 is 71.6 Å². The molecule has 37 heavy (non-hydrogen) atoms. The van der Waals surface area contributed by atoms with E-state index >= 15 is 0 Å². The van der Waals surface area contributed by atoms with Crippen LogP contribution in [-0.2, 0) is 4.79 Å². The number of hydrogen-bond acceptors (Lipinski definition) is 4. The first-order valence-electron chi connectivity index (χ1n) is 12.1. The molecular formula is C30H24Br2N2O2S. The predicted octanol–water partition coefficient (Wildman–Crippen LogP) is 8.00. The third kappa shape index (κ3) is 6.22. The number of benzene rings is 3. The van der Waals surface area contributed by atoms with Crippen LogP contribution in [0.15, 0.2) is 104 Å². The standard InChI is InChI=1S/C30H24Br2N2O2S/c31-24-12-8-21(9-13-24)26(28-29(36)33-30(37-28)34-16-4-5-17-34)18-23(20-6-2-1-3-7-20)19-27(35)22-10-14-25(32)15-11-22/h1-3,6-15,18H,4-5,16-17,19H2. The number of likely N-dealkylation sites (tertiary alicyclic amines) is 1. The van der Waals surface area contributed by atoms with E-state index in [-0.39, 0.29) is 18.1 Å². The maximum absolute atomic E-state index is 13.3. The summed E-state index contributed by atoms with van der Waals surface area (Å²) < 4.78 is 1.88. The quantitative estimate of drug-likeness (QED) is 0.203. The van der Waals surface area contributed by atoms with Gasteiger partial charge in [-0.3, -0.25) is 9.59 Å². The third-order valence-corrected chi connectivity index (χ3v) is 8.53. The molecule has 0 saturated carbocycles. The molecular weight excluding hydrogens is 612 g/mol. The van der Waals surface area contributed by atoms with E-state index in [9.17, 15) is 9.59 Å². The van der Waals surface area contributed by atoms with Crippen LogP contribution in [0.3, 0.4) is 0 Å². The van der Waals surface area contributed by atoms with Crippen LogP contribution < -0.4 is 0 Å². The van der Waals surface area contributed by atoms with Crippen molar-refractivity contribution in [3.8, 4) is 0 Å².